The van der Waals surface area contributed by atoms with Gasteiger partial charge in [-0.2, -0.15) is 0 Å². The first-order chi connectivity index (χ1) is 12.9. The Morgan fingerprint density at radius 3 is 2.07 bits per heavy atom. The summed E-state index contributed by atoms with van der Waals surface area (Å²) in [5, 5.41) is 10.9. The minimum Gasteiger partial charge on any atom is -0.363 e. The van der Waals surface area contributed by atoms with Crippen molar-refractivity contribution in [3.8, 4) is 35.6 Å². The smallest absolute Gasteiger partial charge is 0.281 e. The molecule has 27 heavy (non-hydrogen) atoms. The molecule has 4 nitrogen and oxygen atoms in total. The zero-order valence-corrected chi connectivity index (χ0v) is 15.9. The number of rotatable bonds is 4. The molecule has 5 heteroatoms. The Balaban J connectivity index is 2.43. The molecule has 136 valence electrons. The van der Waals surface area contributed by atoms with E-state index in [2.05, 4.69) is 40.4 Å². The predicted molar refractivity (Wildman–Crippen MR) is 106 cm³/mol. The van der Waals surface area contributed by atoms with Crippen LogP contribution in [-0.2, 0) is 16.4 Å². The average Bonchev–Trinajstić information content (AvgIpc) is 2.67. The van der Waals surface area contributed by atoms with Crippen LogP contribution in [0.25, 0.3) is 0 Å². The van der Waals surface area contributed by atoms with Gasteiger partial charge in [0.2, 0.25) is 0 Å². The Morgan fingerprint density at radius 1 is 0.926 bits per heavy atom. The molecule has 2 rings (SSSR count). The number of hydrogen-bond donors (Lipinski definition) is 2. The molecule has 0 spiro atoms. The van der Waals surface area contributed by atoms with Gasteiger partial charge in [-0.15, -0.1) is 5.92 Å². The van der Waals surface area contributed by atoms with Crippen LogP contribution in [0.3, 0.4) is 0 Å². The van der Waals surface area contributed by atoms with Crippen LogP contribution in [-0.4, -0.2) is 18.5 Å². The lowest BCUT2D eigenvalue weighted by Gasteiger charge is -2.21. The van der Waals surface area contributed by atoms with Crippen LogP contribution in [0.15, 0.2) is 54.6 Å². The molecular weight excluding hydrogens is 358 g/mol. The molecule has 2 aromatic carbocycles. The highest BCUT2D eigenvalue weighted by atomic mass is 32.2. The van der Waals surface area contributed by atoms with Gasteiger partial charge in [0.1, 0.15) is 0 Å². The summed E-state index contributed by atoms with van der Waals surface area (Å²) in [5.41, 5.74) is 2.03. The fourth-order valence-electron chi connectivity index (χ4n) is 2.23. The van der Waals surface area contributed by atoms with E-state index in [4.69, 9.17) is 0 Å². The van der Waals surface area contributed by atoms with Crippen molar-refractivity contribution < 1.29 is 13.5 Å². The summed E-state index contributed by atoms with van der Waals surface area (Å²) in [4.78, 5) is -2.33. The van der Waals surface area contributed by atoms with Gasteiger partial charge in [-0.3, -0.25) is 0 Å². The summed E-state index contributed by atoms with van der Waals surface area (Å²) < 4.78 is 27.3. The van der Waals surface area contributed by atoms with E-state index in [1.807, 2.05) is 6.07 Å². The quantitative estimate of drug-likeness (QED) is 0.634. The molecule has 0 bridgehead atoms. The van der Waals surface area contributed by atoms with Crippen LogP contribution in [0.2, 0.25) is 0 Å². The van der Waals surface area contributed by atoms with Gasteiger partial charge >= 0.3 is 0 Å². The molecule has 0 aliphatic heterocycles. The molecule has 0 amide bonds. The molecule has 2 aromatic rings. The second kappa shape index (κ2) is 8.97. The summed E-state index contributed by atoms with van der Waals surface area (Å²) in [5.74, 6) is 13.4. The molecule has 0 heterocycles. The Morgan fingerprint density at radius 2 is 1.52 bits per heavy atom. The SMILES string of the molecule is CC#CNS(=O)(=O)C(O)(C#Cc1ccc(C#CC)cc1)Cc1ccccc1. The lowest BCUT2D eigenvalue weighted by atomic mass is 10.1. The van der Waals surface area contributed by atoms with Crippen LogP contribution >= 0.6 is 0 Å². The summed E-state index contributed by atoms with van der Waals surface area (Å²) in [6, 6.07) is 18.1. The molecule has 0 fully saturated rings. The maximum absolute atomic E-state index is 12.6. The normalized spacial score (nSPS) is 12.1. The van der Waals surface area contributed by atoms with Crippen LogP contribution in [0, 0.1) is 35.6 Å². The number of benzene rings is 2. The summed E-state index contributed by atoms with van der Waals surface area (Å²) in [6.45, 7) is 3.24. The zero-order valence-electron chi connectivity index (χ0n) is 15.1. The summed E-state index contributed by atoms with van der Waals surface area (Å²) in [6.07, 6.45) is -0.193. The van der Waals surface area contributed by atoms with Crippen molar-refractivity contribution in [2.24, 2.45) is 0 Å². The first kappa shape index (κ1) is 20.1. The third-order valence-electron chi connectivity index (χ3n) is 3.60. The second-order valence-corrected chi connectivity index (χ2v) is 7.52. The molecule has 1 atom stereocenters. The Hall–Kier alpha value is -3.17. The number of nitrogens with one attached hydrogen (secondary N) is 1. The zero-order chi connectivity index (χ0) is 19.8. The highest BCUT2D eigenvalue weighted by molar-refractivity contribution is 7.91. The highest BCUT2D eigenvalue weighted by Gasteiger charge is 2.40. The van der Waals surface area contributed by atoms with Gasteiger partial charge in [-0.25, -0.2) is 13.1 Å². The van der Waals surface area contributed by atoms with Crippen molar-refractivity contribution in [3.05, 3.63) is 71.3 Å². The van der Waals surface area contributed by atoms with Gasteiger partial charge < -0.3 is 5.11 Å². The van der Waals surface area contributed by atoms with Gasteiger partial charge in [0, 0.05) is 23.6 Å². The minimum atomic E-state index is -4.23. The van der Waals surface area contributed by atoms with Crippen LogP contribution in [0.4, 0.5) is 0 Å². The molecule has 0 aliphatic rings. The fraction of sp³-hybridized carbons (Fsp3) is 0.182. The molecule has 1 unspecified atom stereocenters. The Bertz CT molecular complexity index is 1070. The second-order valence-electron chi connectivity index (χ2n) is 5.63. The van der Waals surface area contributed by atoms with E-state index in [9.17, 15) is 13.5 Å². The van der Waals surface area contributed by atoms with E-state index in [0.717, 1.165) is 5.56 Å². The van der Waals surface area contributed by atoms with Crippen molar-refractivity contribution in [1.29, 1.82) is 0 Å². The summed E-state index contributed by atoms with van der Waals surface area (Å²) >= 11 is 0. The van der Waals surface area contributed by atoms with Gasteiger partial charge in [-0.1, -0.05) is 48.1 Å². The lowest BCUT2D eigenvalue weighted by molar-refractivity contribution is 0.182. The van der Waals surface area contributed by atoms with Crippen LogP contribution < -0.4 is 4.72 Å². The minimum absolute atomic E-state index is 0.193. The van der Waals surface area contributed by atoms with E-state index < -0.39 is 15.0 Å². The van der Waals surface area contributed by atoms with E-state index in [-0.39, 0.29) is 6.42 Å². The molecule has 0 aliphatic carbocycles. The van der Waals surface area contributed by atoms with Crippen molar-refractivity contribution >= 4 is 10.0 Å². The van der Waals surface area contributed by atoms with Gasteiger partial charge in [0.05, 0.1) is 0 Å². The van der Waals surface area contributed by atoms with Crippen molar-refractivity contribution in [1.82, 2.24) is 4.72 Å². The maximum atomic E-state index is 12.6. The van der Waals surface area contributed by atoms with Crippen molar-refractivity contribution in [3.63, 3.8) is 0 Å². The van der Waals surface area contributed by atoms with E-state index in [0.29, 0.717) is 11.1 Å². The van der Waals surface area contributed by atoms with Gasteiger partial charge in [0.15, 0.2) is 0 Å². The predicted octanol–water partition coefficient (Wildman–Crippen LogP) is 2.24. The monoisotopic (exact) mass is 377 g/mol. The van der Waals surface area contributed by atoms with E-state index in [1.54, 1.807) is 55.5 Å². The molecule has 0 aromatic heterocycles. The van der Waals surface area contributed by atoms with E-state index >= 15 is 0 Å². The molecule has 2 N–H and O–H groups in total. The number of sulfonamides is 1. The van der Waals surface area contributed by atoms with Crippen molar-refractivity contribution in [2.75, 3.05) is 0 Å². The number of hydrogen-bond acceptors (Lipinski definition) is 3. The molecular formula is C22H19NO3S. The van der Waals surface area contributed by atoms with Gasteiger partial charge in [-0.05, 0) is 49.6 Å². The first-order valence-corrected chi connectivity index (χ1v) is 9.64. The largest absolute Gasteiger partial charge is 0.363 e. The molecule has 0 saturated carbocycles. The number of aliphatic hydroxyl groups is 1. The first-order valence-electron chi connectivity index (χ1n) is 8.15. The van der Waals surface area contributed by atoms with Crippen LogP contribution in [0.5, 0.6) is 0 Å². The third-order valence-corrected chi connectivity index (χ3v) is 5.10. The fourth-order valence-corrected chi connectivity index (χ4v) is 3.18. The average molecular weight is 377 g/mol. The topological polar surface area (TPSA) is 66.4 Å². The molecule has 0 saturated heterocycles. The van der Waals surface area contributed by atoms with E-state index in [1.165, 1.54) is 6.92 Å². The van der Waals surface area contributed by atoms with Crippen molar-refractivity contribution in [2.45, 2.75) is 25.2 Å². The Kier molecular flexibility index (Phi) is 6.69. The standard InChI is InChI=1S/C22H19NO3S/c1-3-8-19-11-13-20(14-12-19)15-16-22(24,27(25,26)23-17-4-2)18-21-9-6-5-7-10-21/h5-7,9-14,23-24H,18H2,1-2H3. The Labute approximate surface area is 160 Å². The maximum Gasteiger partial charge on any atom is 0.281 e. The van der Waals surface area contributed by atoms with Gasteiger partial charge in [0.25, 0.3) is 15.0 Å². The lowest BCUT2D eigenvalue weighted by Crippen LogP contribution is -2.45. The third kappa shape index (κ3) is 5.40. The highest BCUT2D eigenvalue weighted by Crippen LogP contribution is 2.19. The molecule has 0 radical (unpaired) electrons. The van der Waals surface area contributed by atoms with Crippen LogP contribution in [0.1, 0.15) is 30.5 Å². The summed E-state index contributed by atoms with van der Waals surface area (Å²) in [7, 11) is -4.23.